The van der Waals surface area contributed by atoms with Crippen LogP contribution in [0, 0.1) is 11.3 Å². The minimum absolute atomic E-state index is 0.0269. The highest BCUT2D eigenvalue weighted by atomic mass is 32.2. The first kappa shape index (κ1) is 16.1. The molecule has 0 aliphatic heterocycles. The summed E-state index contributed by atoms with van der Waals surface area (Å²) in [5.74, 6) is -0.471. The quantitative estimate of drug-likeness (QED) is 0.710. The van der Waals surface area contributed by atoms with Gasteiger partial charge in [0.1, 0.15) is 11.0 Å². The van der Waals surface area contributed by atoms with Crippen molar-refractivity contribution in [2.75, 3.05) is 20.2 Å². The monoisotopic (exact) mass is 297 g/mol. The van der Waals surface area contributed by atoms with E-state index in [1.54, 1.807) is 13.0 Å². The van der Waals surface area contributed by atoms with Gasteiger partial charge in [0.05, 0.1) is 13.0 Å². The molecule has 0 aliphatic rings. The summed E-state index contributed by atoms with van der Waals surface area (Å²) in [6.45, 7) is 1.89. The van der Waals surface area contributed by atoms with E-state index in [-0.39, 0.29) is 30.2 Å². The molecule has 0 amide bonds. The summed E-state index contributed by atoms with van der Waals surface area (Å²) in [5.41, 5.74) is -0.171. The molecule has 0 aromatic carbocycles. The Bertz CT molecular complexity index is 622. The normalized spacial score (nSPS) is 11.1. The van der Waals surface area contributed by atoms with E-state index >= 15 is 0 Å². The molecule has 0 fully saturated rings. The van der Waals surface area contributed by atoms with Crippen LogP contribution in [-0.4, -0.2) is 43.9 Å². The number of hydrogen-bond acceptors (Lipinski definition) is 6. The van der Waals surface area contributed by atoms with Gasteiger partial charge in [0.2, 0.25) is 10.0 Å². The molecule has 0 saturated carbocycles. The molecule has 7 nitrogen and oxygen atoms in total. The molecule has 0 radical (unpaired) electrons. The molecule has 0 unspecified atom stereocenters. The fourth-order valence-corrected chi connectivity index (χ4v) is 2.71. The fourth-order valence-electron chi connectivity index (χ4n) is 1.45. The van der Waals surface area contributed by atoms with Gasteiger partial charge in [-0.3, -0.25) is 4.79 Å². The minimum Gasteiger partial charge on any atom is -0.466 e. The van der Waals surface area contributed by atoms with Gasteiger partial charge in [0.25, 0.3) is 0 Å². The van der Waals surface area contributed by atoms with Crippen LogP contribution in [0.15, 0.2) is 23.2 Å². The molecule has 20 heavy (non-hydrogen) atoms. The van der Waals surface area contributed by atoms with Crippen molar-refractivity contribution in [2.24, 2.45) is 0 Å². The summed E-state index contributed by atoms with van der Waals surface area (Å²) < 4.78 is 30.3. The molecule has 1 aromatic rings. The average molecular weight is 297 g/mol. The van der Waals surface area contributed by atoms with Gasteiger partial charge in [-0.15, -0.1) is 0 Å². The summed E-state index contributed by atoms with van der Waals surface area (Å²) >= 11 is 0. The average Bonchev–Trinajstić information content (AvgIpc) is 2.44. The molecule has 0 aliphatic carbocycles. The van der Waals surface area contributed by atoms with Crippen molar-refractivity contribution in [1.29, 1.82) is 5.26 Å². The summed E-state index contributed by atoms with van der Waals surface area (Å²) in [7, 11) is -2.52. The Labute approximate surface area is 117 Å². The number of nitrogens with zero attached hydrogens (tertiary/aromatic N) is 3. The Morgan fingerprint density at radius 2 is 2.25 bits per heavy atom. The predicted molar refractivity (Wildman–Crippen MR) is 70.0 cm³/mol. The number of aromatic nitrogens is 1. The Morgan fingerprint density at radius 1 is 1.55 bits per heavy atom. The highest BCUT2D eigenvalue weighted by Gasteiger charge is 2.25. The van der Waals surface area contributed by atoms with Gasteiger partial charge in [-0.1, -0.05) is 0 Å². The van der Waals surface area contributed by atoms with Crippen LogP contribution in [0.4, 0.5) is 0 Å². The van der Waals surface area contributed by atoms with Crippen LogP contribution in [0.25, 0.3) is 0 Å². The van der Waals surface area contributed by atoms with Crippen LogP contribution >= 0.6 is 0 Å². The first-order chi connectivity index (χ1) is 9.43. The van der Waals surface area contributed by atoms with Crippen LogP contribution in [0.2, 0.25) is 0 Å². The van der Waals surface area contributed by atoms with E-state index in [2.05, 4.69) is 4.98 Å². The number of hydrogen-bond donors (Lipinski definition) is 0. The lowest BCUT2D eigenvalue weighted by molar-refractivity contribution is -0.143. The number of carbonyl (C=O) groups is 1. The minimum atomic E-state index is -3.85. The third-order valence-corrected chi connectivity index (χ3v) is 4.39. The Morgan fingerprint density at radius 3 is 2.85 bits per heavy atom. The smallest absolute Gasteiger partial charge is 0.307 e. The number of nitriles is 1. The van der Waals surface area contributed by atoms with E-state index < -0.39 is 16.0 Å². The molecule has 0 N–H and O–H groups in total. The zero-order chi connectivity index (χ0) is 15.2. The molecule has 0 atom stereocenters. The summed E-state index contributed by atoms with van der Waals surface area (Å²) in [6, 6.07) is 4.48. The van der Waals surface area contributed by atoms with Crippen molar-refractivity contribution in [2.45, 2.75) is 18.2 Å². The third-order valence-electron chi connectivity index (χ3n) is 2.50. The zero-order valence-corrected chi connectivity index (χ0v) is 12.1. The molecule has 0 saturated heterocycles. The van der Waals surface area contributed by atoms with Gasteiger partial charge in [-0.2, -0.15) is 5.26 Å². The van der Waals surface area contributed by atoms with Gasteiger partial charge in [0.15, 0.2) is 5.69 Å². The number of rotatable bonds is 6. The topological polar surface area (TPSA) is 100 Å². The van der Waals surface area contributed by atoms with Crippen LogP contribution < -0.4 is 0 Å². The number of ether oxygens (including phenoxy) is 1. The summed E-state index contributed by atoms with van der Waals surface area (Å²) in [4.78, 5) is 14.8. The predicted octanol–water partition coefficient (Wildman–Crippen LogP) is 0.527. The van der Waals surface area contributed by atoms with Crippen LogP contribution in [0.3, 0.4) is 0 Å². The lowest BCUT2D eigenvalue weighted by Crippen LogP contribution is -2.30. The van der Waals surface area contributed by atoms with E-state index in [1.807, 2.05) is 0 Å². The molecule has 1 heterocycles. The summed E-state index contributed by atoms with van der Waals surface area (Å²) in [6.07, 6.45) is 1.29. The highest BCUT2D eigenvalue weighted by Crippen LogP contribution is 2.16. The van der Waals surface area contributed by atoms with Gasteiger partial charge >= 0.3 is 5.97 Å². The van der Waals surface area contributed by atoms with E-state index in [4.69, 9.17) is 10.00 Å². The molecular formula is C12H15N3O4S. The largest absolute Gasteiger partial charge is 0.466 e. The van der Waals surface area contributed by atoms with Gasteiger partial charge in [-0.25, -0.2) is 17.7 Å². The highest BCUT2D eigenvalue weighted by molar-refractivity contribution is 7.89. The molecule has 1 rings (SSSR count). The summed E-state index contributed by atoms with van der Waals surface area (Å²) in [5, 5.41) is 8.88. The SMILES string of the molecule is CCOC(=O)CCN(C)S(=O)(=O)c1cccnc1C#N. The first-order valence-corrected chi connectivity index (χ1v) is 7.34. The second-order valence-electron chi connectivity index (χ2n) is 3.84. The van der Waals surface area contributed by atoms with Crippen LogP contribution in [-0.2, 0) is 19.6 Å². The lowest BCUT2D eigenvalue weighted by atomic mass is 10.4. The molecule has 8 heteroatoms. The van der Waals surface area contributed by atoms with Crippen molar-refractivity contribution < 1.29 is 17.9 Å². The maximum Gasteiger partial charge on any atom is 0.307 e. The molecular weight excluding hydrogens is 282 g/mol. The maximum absolute atomic E-state index is 12.3. The molecule has 1 aromatic heterocycles. The van der Waals surface area contributed by atoms with Crippen LogP contribution in [0.5, 0.6) is 0 Å². The molecule has 0 spiro atoms. The first-order valence-electron chi connectivity index (χ1n) is 5.90. The second-order valence-corrected chi connectivity index (χ2v) is 5.86. The Balaban J connectivity index is 2.88. The molecule has 0 bridgehead atoms. The zero-order valence-electron chi connectivity index (χ0n) is 11.2. The van der Waals surface area contributed by atoms with Crippen molar-refractivity contribution >= 4 is 16.0 Å². The van der Waals surface area contributed by atoms with E-state index in [1.165, 1.54) is 25.4 Å². The lowest BCUT2D eigenvalue weighted by Gasteiger charge is -2.16. The standard InChI is InChI=1S/C12H15N3O4S/c1-3-19-12(16)6-8-15(2)20(17,18)11-5-4-7-14-10(11)9-13/h4-5,7H,3,6,8H2,1-2H3. The number of sulfonamides is 1. The van der Waals surface area contributed by atoms with Crippen LogP contribution in [0.1, 0.15) is 19.0 Å². The third kappa shape index (κ3) is 3.76. The van der Waals surface area contributed by atoms with Gasteiger partial charge in [0, 0.05) is 19.8 Å². The van der Waals surface area contributed by atoms with Crippen molar-refractivity contribution in [3.05, 3.63) is 24.0 Å². The number of esters is 1. The Hall–Kier alpha value is -1.98. The number of carbonyl (C=O) groups excluding carboxylic acids is 1. The van der Waals surface area contributed by atoms with E-state index in [9.17, 15) is 13.2 Å². The van der Waals surface area contributed by atoms with Gasteiger partial charge in [-0.05, 0) is 19.1 Å². The van der Waals surface area contributed by atoms with Crippen molar-refractivity contribution in [3.63, 3.8) is 0 Å². The fraction of sp³-hybridized carbons (Fsp3) is 0.417. The van der Waals surface area contributed by atoms with E-state index in [0.717, 1.165) is 4.31 Å². The Kier molecular flexibility index (Phi) is 5.61. The van der Waals surface area contributed by atoms with Gasteiger partial charge < -0.3 is 4.74 Å². The van der Waals surface area contributed by atoms with E-state index in [0.29, 0.717) is 0 Å². The van der Waals surface area contributed by atoms with Crippen molar-refractivity contribution in [3.8, 4) is 6.07 Å². The number of pyridine rings is 1. The van der Waals surface area contributed by atoms with Crippen molar-refractivity contribution in [1.82, 2.24) is 9.29 Å². The second kappa shape index (κ2) is 6.98. The molecule has 108 valence electrons. The maximum atomic E-state index is 12.3.